The van der Waals surface area contributed by atoms with E-state index in [4.69, 9.17) is 10.2 Å². The number of nitrogens with one attached hydrogen (secondary N) is 1. The summed E-state index contributed by atoms with van der Waals surface area (Å²) in [5.41, 5.74) is 5.01. The molecule has 0 aromatic carbocycles. The minimum atomic E-state index is -0.701. The van der Waals surface area contributed by atoms with E-state index in [0.29, 0.717) is 0 Å². The van der Waals surface area contributed by atoms with Crippen LogP contribution in [0.4, 0.5) is 0 Å². The molecule has 15 heavy (non-hydrogen) atoms. The van der Waals surface area contributed by atoms with Gasteiger partial charge in [0.25, 0.3) is 5.91 Å². The highest BCUT2D eigenvalue weighted by Gasteiger charge is 2.16. The summed E-state index contributed by atoms with van der Waals surface area (Å²) in [4.78, 5) is 22.2. The zero-order valence-corrected chi connectivity index (χ0v) is 8.74. The van der Waals surface area contributed by atoms with Gasteiger partial charge in [0, 0.05) is 6.42 Å². The molecule has 1 aromatic rings. The number of amides is 2. The molecule has 1 heterocycles. The van der Waals surface area contributed by atoms with Gasteiger partial charge in [0.05, 0.1) is 0 Å². The van der Waals surface area contributed by atoms with Crippen molar-refractivity contribution < 1.29 is 14.0 Å². The highest BCUT2D eigenvalue weighted by atomic mass is 16.3. The van der Waals surface area contributed by atoms with Crippen molar-refractivity contribution in [3.05, 3.63) is 23.7 Å². The number of rotatable bonds is 4. The first-order valence-electron chi connectivity index (χ1n) is 4.73. The van der Waals surface area contributed by atoms with E-state index in [1.165, 1.54) is 6.92 Å². The maximum atomic E-state index is 11.5. The maximum Gasteiger partial charge on any atom is 0.287 e. The Morgan fingerprint density at radius 2 is 2.20 bits per heavy atom. The van der Waals surface area contributed by atoms with Gasteiger partial charge in [-0.1, -0.05) is 6.92 Å². The van der Waals surface area contributed by atoms with Crippen LogP contribution in [0, 0.1) is 0 Å². The molecule has 0 radical (unpaired) electrons. The highest BCUT2D eigenvalue weighted by Crippen LogP contribution is 2.08. The van der Waals surface area contributed by atoms with E-state index in [1.54, 1.807) is 12.1 Å². The number of hydrogen-bond donors (Lipinski definition) is 2. The second kappa shape index (κ2) is 4.63. The van der Waals surface area contributed by atoms with Gasteiger partial charge in [0.1, 0.15) is 11.8 Å². The molecule has 5 heteroatoms. The lowest BCUT2D eigenvalue weighted by Crippen LogP contribution is -2.42. The number of furan rings is 1. The van der Waals surface area contributed by atoms with Gasteiger partial charge < -0.3 is 15.5 Å². The van der Waals surface area contributed by atoms with Gasteiger partial charge in [-0.2, -0.15) is 0 Å². The van der Waals surface area contributed by atoms with E-state index in [0.717, 1.165) is 12.2 Å². The van der Waals surface area contributed by atoms with Gasteiger partial charge >= 0.3 is 0 Å². The fourth-order valence-electron chi connectivity index (χ4n) is 1.03. The minimum Gasteiger partial charge on any atom is -0.456 e. The third-order valence-electron chi connectivity index (χ3n) is 2.01. The Morgan fingerprint density at radius 3 is 2.67 bits per heavy atom. The first-order valence-corrected chi connectivity index (χ1v) is 4.73. The lowest BCUT2D eigenvalue weighted by molar-refractivity contribution is -0.119. The lowest BCUT2D eigenvalue weighted by atomic mass is 10.3. The quantitative estimate of drug-likeness (QED) is 0.756. The predicted octanol–water partition coefficient (Wildman–Crippen LogP) is 0.446. The normalized spacial score (nSPS) is 12.1. The number of primary amides is 1. The second-order valence-corrected chi connectivity index (χ2v) is 3.22. The minimum absolute atomic E-state index is 0.194. The summed E-state index contributed by atoms with van der Waals surface area (Å²) >= 11 is 0. The molecule has 0 aliphatic rings. The van der Waals surface area contributed by atoms with Gasteiger partial charge in [0.2, 0.25) is 5.91 Å². The molecule has 1 rings (SSSR count). The van der Waals surface area contributed by atoms with Crippen LogP contribution in [0.25, 0.3) is 0 Å². The molecule has 82 valence electrons. The fourth-order valence-corrected chi connectivity index (χ4v) is 1.03. The summed E-state index contributed by atoms with van der Waals surface area (Å²) in [5.74, 6) is -0.0848. The van der Waals surface area contributed by atoms with E-state index in [2.05, 4.69) is 5.32 Å². The number of carbonyl (C=O) groups excluding carboxylic acids is 2. The summed E-state index contributed by atoms with van der Waals surface area (Å²) in [6.07, 6.45) is 0.721. The monoisotopic (exact) mass is 210 g/mol. The van der Waals surface area contributed by atoms with Crippen molar-refractivity contribution in [3.63, 3.8) is 0 Å². The molecule has 3 N–H and O–H groups in total. The largest absolute Gasteiger partial charge is 0.456 e. The fraction of sp³-hybridized carbons (Fsp3) is 0.400. The average Bonchev–Trinajstić information content (AvgIpc) is 2.65. The van der Waals surface area contributed by atoms with Crippen LogP contribution in [0.15, 0.2) is 16.5 Å². The number of aryl methyl sites for hydroxylation is 1. The lowest BCUT2D eigenvalue weighted by Gasteiger charge is -2.07. The zero-order chi connectivity index (χ0) is 11.4. The Balaban J connectivity index is 2.65. The van der Waals surface area contributed by atoms with Gasteiger partial charge in [-0.05, 0) is 19.1 Å². The maximum absolute atomic E-state index is 11.5. The Bertz CT molecular complexity index is 370. The predicted molar refractivity (Wildman–Crippen MR) is 54.2 cm³/mol. The molecule has 0 bridgehead atoms. The molecule has 0 saturated carbocycles. The van der Waals surface area contributed by atoms with Crippen LogP contribution in [-0.2, 0) is 11.2 Å². The summed E-state index contributed by atoms with van der Waals surface area (Å²) in [6.45, 7) is 3.44. The van der Waals surface area contributed by atoms with E-state index in [1.807, 2.05) is 6.92 Å². The van der Waals surface area contributed by atoms with Crippen LogP contribution in [0.1, 0.15) is 30.2 Å². The van der Waals surface area contributed by atoms with Gasteiger partial charge in [-0.25, -0.2) is 0 Å². The van der Waals surface area contributed by atoms with Crippen LogP contribution in [0.5, 0.6) is 0 Å². The van der Waals surface area contributed by atoms with Crippen LogP contribution >= 0.6 is 0 Å². The van der Waals surface area contributed by atoms with Crippen molar-refractivity contribution in [2.24, 2.45) is 5.73 Å². The molecule has 1 aromatic heterocycles. The van der Waals surface area contributed by atoms with Crippen molar-refractivity contribution >= 4 is 11.8 Å². The molecule has 0 spiro atoms. The van der Waals surface area contributed by atoms with E-state index < -0.39 is 17.9 Å². The first-order chi connectivity index (χ1) is 7.04. The molecular weight excluding hydrogens is 196 g/mol. The summed E-state index contributed by atoms with van der Waals surface area (Å²) < 4.78 is 5.21. The van der Waals surface area contributed by atoms with Gasteiger partial charge in [0.15, 0.2) is 5.76 Å². The molecule has 0 aliphatic carbocycles. The molecule has 2 amide bonds. The summed E-state index contributed by atoms with van der Waals surface area (Å²) in [6, 6.07) is 2.60. The molecule has 1 atom stereocenters. The van der Waals surface area contributed by atoms with Crippen molar-refractivity contribution in [3.8, 4) is 0 Å². The third-order valence-corrected chi connectivity index (χ3v) is 2.01. The number of carbonyl (C=O) groups is 2. The van der Waals surface area contributed by atoms with Crippen LogP contribution < -0.4 is 11.1 Å². The van der Waals surface area contributed by atoms with Crippen LogP contribution in [0.3, 0.4) is 0 Å². The van der Waals surface area contributed by atoms with E-state index in [9.17, 15) is 9.59 Å². The van der Waals surface area contributed by atoms with Crippen LogP contribution in [-0.4, -0.2) is 17.9 Å². The Labute approximate surface area is 87.6 Å². The Morgan fingerprint density at radius 1 is 1.53 bits per heavy atom. The topological polar surface area (TPSA) is 85.3 Å². The average molecular weight is 210 g/mol. The third kappa shape index (κ3) is 2.83. The summed E-state index contributed by atoms with van der Waals surface area (Å²) in [5, 5.41) is 2.43. The molecule has 0 saturated heterocycles. The molecule has 0 aliphatic heterocycles. The number of nitrogens with two attached hydrogens (primary N) is 1. The van der Waals surface area contributed by atoms with Crippen molar-refractivity contribution in [1.29, 1.82) is 0 Å². The molecule has 0 fully saturated rings. The summed E-state index contributed by atoms with van der Waals surface area (Å²) in [7, 11) is 0. The Hall–Kier alpha value is -1.78. The van der Waals surface area contributed by atoms with E-state index in [-0.39, 0.29) is 5.76 Å². The molecule has 5 nitrogen and oxygen atoms in total. The van der Waals surface area contributed by atoms with Gasteiger partial charge in [-0.3, -0.25) is 9.59 Å². The van der Waals surface area contributed by atoms with Gasteiger partial charge in [-0.15, -0.1) is 0 Å². The van der Waals surface area contributed by atoms with E-state index >= 15 is 0 Å². The van der Waals surface area contributed by atoms with Crippen molar-refractivity contribution in [1.82, 2.24) is 5.32 Å². The first kappa shape index (κ1) is 11.3. The van der Waals surface area contributed by atoms with Crippen molar-refractivity contribution in [2.45, 2.75) is 26.3 Å². The second-order valence-electron chi connectivity index (χ2n) is 3.22. The SMILES string of the molecule is CCc1ccc(C(=O)NC(C)C(N)=O)o1. The van der Waals surface area contributed by atoms with Crippen molar-refractivity contribution in [2.75, 3.05) is 0 Å². The molecular formula is C10H14N2O3. The standard InChI is InChI=1S/C10H14N2O3/c1-3-7-4-5-8(15-7)10(14)12-6(2)9(11)13/h4-6H,3H2,1-2H3,(H2,11,13)(H,12,14). The number of hydrogen-bond acceptors (Lipinski definition) is 3. The van der Waals surface area contributed by atoms with Crippen LogP contribution in [0.2, 0.25) is 0 Å². The smallest absolute Gasteiger partial charge is 0.287 e. The highest BCUT2D eigenvalue weighted by molar-refractivity contribution is 5.95. The Kier molecular flexibility index (Phi) is 3.49. The molecule has 1 unspecified atom stereocenters. The zero-order valence-electron chi connectivity index (χ0n) is 8.74.